The van der Waals surface area contributed by atoms with Gasteiger partial charge in [-0.1, -0.05) is 0 Å². The van der Waals surface area contributed by atoms with Crippen LogP contribution in [0.3, 0.4) is 0 Å². The molecule has 0 aromatic carbocycles. The maximum atomic E-state index is 4.58. The van der Waals surface area contributed by atoms with Crippen molar-refractivity contribution in [1.82, 2.24) is 30.0 Å². The fourth-order valence-corrected chi connectivity index (χ4v) is 2.85. The lowest BCUT2D eigenvalue weighted by atomic mass is 10.2. The van der Waals surface area contributed by atoms with E-state index in [4.69, 9.17) is 0 Å². The molecule has 6 nitrogen and oxygen atoms in total. The molecule has 0 radical (unpaired) electrons. The Hall–Kier alpha value is -2.12. The van der Waals surface area contributed by atoms with Gasteiger partial charge in [-0.25, -0.2) is 15.0 Å². The predicted molar refractivity (Wildman–Crippen MR) is 86.4 cm³/mol. The highest BCUT2D eigenvalue weighted by Gasteiger charge is 2.14. The number of thiazole rings is 1. The Balaban J connectivity index is 1.59. The number of aromatic nitrogens is 5. The summed E-state index contributed by atoms with van der Waals surface area (Å²) in [7, 11) is 0. The molecule has 3 aromatic rings. The van der Waals surface area contributed by atoms with Gasteiger partial charge in [-0.2, -0.15) is 5.10 Å². The molecule has 3 aromatic heterocycles. The maximum absolute atomic E-state index is 4.58. The van der Waals surface area contributed by atoms with E-state index in [0.717, 1.165) is 17.2 Å². The second-order valence-electron chi connectivity index (χ2n) is 5.11. The Kier molecular flexibility index (Phi) is 4.55. The molecule has 114 valence electrons. The summed E-state index contributed by atoms with van der Waals surface area (Å²) >= 11 is 1.57. The Morgan fingerprint density at radius 2 is 2.00 bits per heavy atom. The summed E-state index contributed by atoms with van der Waals surface area (Å²) in [5.41, 5.74) is 1.01. The molecular formula is C15H18N6S. The second-order valence-corrected chi connectivity index (χ2v) is 5.97. The van der Waals surface area contributed by atoms with Crippen molar-refractivity contribution in [3.05, 3.63) is 48.0 Å². The Bertz CT molecular complexity index is 694. The van der Waals surface area contributed by atoms with Gasteiger partial charge < -0.3 is 5.32 Å². The third-order valence-electron chi connectivity index (χ3n) is 3.58. The molecule has 0 aliphatic carbocycles. The molecule has 22 heavy (non-hydrogen) atoms. The third-order valence-corrected chi connectivity index (χ3v) is 4.47. The number of nitrogens with zero attached hydrogens (tertiary/aromatic N) is 5. The van der Waals surface area contributed by atoms with Crippen LogP contribution in [0.2, 0.25) is 0 Å². The molecule has 1 N–H and O–H groups in total. The molecule has 3 heterocycles. The zero-order chi connectivity index (χ0) is 15.4. The molecule has 7 heteroatoms. The smallest absolute Gasteiger partial charge is 0.188 e. The Labute approximate surface area is 133 Å². The molecule has 3 rings (SSSR count). The first-order valence-corrected chi connectivity index (χ1v) is 8.06. The standard InChI is InChI=1S/C15H18N6S/c1-11(12(2)21-8-4-7-19-21)18-9-13-10-22-15(20-13)14-16-5-3-6-17-14/h3-8,10-12,18H,9H2,1-2H3. The minimum Gasteiger partial charge on any atom is -0.306 e. The summed E-state index contributed by atoms with van der Waals surface area (Å²) < 4.78 is 1.96. The van der Waals surface area contributed by atoms with E-state index in [2.05, 4.69) is 39.2 Å². The topological polar surface area (TPSA) is 68.5 Å². The monoisotopic (exact) mass is 314 g/mol. The van der Waals surface area contributed by atoms with Crippen LogP contribution < -0.4 is 5.32 Å². The zero-order valence-electron chi connectivity index (χ0n) is 12.5. The first-order valence-electron chi connectivity index (χ1n) is 7.18. The molecule has 0 saturated heterocycles. The minimum absolute atomic E-state index is 0.283. The Morgan fingerprint density at radius 3 is 2.73 bits per heavy atom. The van der Waals surface area contributed by atoms with Crippen LogP contribution in [0.4, 0.5) is 0 Å². The third kappa shape index (κ3) is 3.37. The number of rotatable bonds is 6. The summed E-state index contributed by atoms with van der Waals surface area (Å²) in [6.07, 6.45) is 7.25. The fraction of sp³-hybridized carbons (Fsp3) is 0.333. The van der Waals surface area contributed by atoms with Crippen molar-refractivity contribution in [2.24, 2.45) is 0 Å². The summed E-state index contributed by atoms with van der Waals surface area (Å²) in [6.45, 7) is 5.02. The molecule has 2 unspecified atom stereocenters. The van der Waals surface area contributed by atoms with E-state index < -0.39 is 0 Å². The quantitative estimate of drug-likeness (QED) is 0.757. The first-order chi connectivity index (χ1) is 10.7. The van der Waals surface area contributed by atoms with Crippen molar-refractivity contribution in [1.29, 1.82) is 0 Å². The molecule has 0 spiro atoms. The SMILES string of the molecule is CC(NCc1csc(-c2ncccn2)n1)C(C)n1cccn1. The highest BCUT2D eigenvalue weighted by atomic mass is 32.1. The molecule has 0 aliphatic rings. The van der Waals surface area contributed by atoms with Gasteiger partial charge in [0.25, 0.3) is 0 Å². The fourth-order valence-electron chi connectivity index (χ4n) is 2.09. The van der Waals surface area contributed by atoms with Crippen LogP contribution in [0.15, 0.2) is 42.3 Å². The molecule has 0 aliphatic heterocycles. The molecule has 0 fully saturated rings. The van der Waals surface area contributed by atoms with Gasteiger partial charge in [0.15, 0.2) is 10.8 Å². The highest BCUT2D eigenvalue weighted by Crippen LogP contribution is 2.19. The van der Waals surface area contributed by atoms with Crippen molar-refractivity contribution >= 4 is 11.3 Å². The van der Waals surface area contributed by atoms with Crippen molar-refractivity contribution < 1.29 is 0 Å². The van der Waals surface area contributed by atoms with Gasteiger partial charge in [0.05, 0.1) is 11.7 Å². The highest BCUT2D eigenvalue weighted by molar-refractivity contribution is 7.13. The van der Waals surface area contributed by atoms with Crippen LogP contribution in [0.5, 0.6) is 0 Å². The number of hydrogen-bond donors (Lipinski definition) is 1. The molecule has 0 amide bonds. The lowest BCUT2D eigenvalue weighted by Crippen LogP contribution is -2.33. The predicted octanol–water partition coefficient (Wildman–Crippen LogP) is 2.54. The lowest BCUT2D eigenvalue weighted by molar-refractivity contribution is 0.364. The summed E-state index contributed by atoms with van der Waals surface area (Å²) in [4.78, 5) is 13.0. The normalized spacial score (nSPS) is 13.9. The van der Waals surface area contributed by atoms with E-state index in [0.29, 0.717) is 5.82 Å². The van der Waals surface area contributed by atoms with E-state index in [-0.39, 0.29) is 12.1 Å². The average molecular weight is 314 g/mol. The van der Waals surface area contributed by atoms with Crippen LogP contribution in [0.25, 0.3) is 10.8 Å². The van der Waals surface area contributed by atoms with Gasteiger partial charge in [0, 0.05) is 42.8 Å². The van der Waals surface area contributed by atoms with Gasteiger partial charge in [-0.15, -0.1) is 11.3 Å². The lowest BCUT2D eigenvalue weighted by Gasteiger charge is -2.21. The van der Waals surface area contributed by atoms with E-state index in [1.165, 1.54) is 0 Å². The first kappa shape index (κ1) is 14.8. The van der Waals surface area contributed by atoms with Crippen LogP contribution in [0, 0.1) is 0 Å². The van der Waals surface area contributed by atoms with Gasteiger partial charge in [0.2, 0.25) is 0 Å². The molecular weight excluding hydrogens is 296 g/mol. The van der Waals surface area contributed by atoms with Crippen LogP contribution in [-0.2, 0) is 6.54 Å². The van der Waals surface area contributed by atoms with Gasteiger partial charge in [-0.3, -0.25) is 4.68 Å². The number of nitrogens with one attached hydrogen (secondary N) is 1. The summed E-state index contributed by atoms with van der Waals surface area (Å²) in [5, 5.41) is 10.7. The van der Waals surface area contributed by atoms with E-state index >= 15 is 0 Å². The van der Waals surface area contributed by atoms with E-state index in [1.54, 1.807) is 36.0 Å². The largest absolute Gasteiger partial charge is 0.306 e. The van der Waals surface area contributed by atoms with Gasteiger partial charge in [0.1, 0.15) is 0 Å². The van der Waals surface area contributed by atoms with Crippen molar-refractivity contribution in [3.63, 3.8) is 0 Å². The van der Waals surface area contributed by atoms with Crippen LogP contribution >= 0.6 is 11.3 Å². The van der Waals surface area contributed by atoms with Crippen molar-refractivity contribution in [3.8, 4) is 10.8 Å². The maximum Gasteiger partial charge on any atom is 0.188 e. The Morgan fingerprint density at radius 1 is 1.18 bits per heavy atom. The average Bonchev–Trinajstić information content (AvgIpc) is 3.24. The van der Waals surface area contributed by atoms with Crippen molar-refractivity contribution in [2.45, 2.75) is 32.5 Å². The second kappa shape index (κ2) is 6.76. The minimum atomic E-state index is 0.283. The van der Waals surface area contributed by atoms with Crippen LogP contribution in [0.1, 0.15) is 25.6 Å². The zero-order valence-corrected chi connectivity index (χ0v) is 13.4. The van der Waals surface area contributed by atoms with E-state index in [9.17, 15) is 0 Å². The van der Waals surface area contributed by atoms with Gasteiger partial charge in [-0.05, 0) is 26.0 Å². The summed E-state index contributed by atoms with van der Waals surface area (Å²) in [5.74, 6) is 0.678. The van der Waals surface area contributed by atoms with Crippen molar-refractivity contribution in [2.75, 3.05) is 0 Å². The molecule has 0 saturated carbocycles. The van der Waals surface area contributed by atoms with Gasteiger partial charge >= 0.3 is 0 Å². The number of hydrogen-bond acceptors (Lipinski definition) is 6. The molecule has 0 bridgehead atoms. The molecule has 2 atom stereocenters. The van der Waals surface area contributed by atoms with Crippen LogP contribution in [-0.4, -0.2) is 30.8 Å². The summed E-state index contributed by atoms with van der Waals surface area (Å²) in [6, 6.07) is 4.32. The van der Waals surface area contributed by atoms with E-state index in [1.807, 2.05) is 22.3 Å².